The summed E-state index contributed by atoms with van der Waals surface area (Å²) in [7, 11) is -3.02. The third kappa shape index (κ3) is 5.06. The van der Waals surface area contributed by atoms with Crippen molar-refractivity contribution < 1.29 is 30.8 Å². The van der Waals surface area contributed by atoms with E-state index < -0.39 is 40.0 Å². The van der Waals surface area contributed by atoms with Crippen molar-refractivity contribution in [2.75, 3.05) is 18.9 Å². The van der Waals surface area contributed by atoms with Crippen molar-refractivity contribution >= 4 is 21.6 Å². The van der Waals surface area contributed by atoms with Crippen LogP contribution in [0.2, 0.25) is 0 Å². The van der Waals surface area contributed by atoms with Crippen molar-refractivity contribution in [2.45, 2.75) is 11.1 Å². The predicted octanol–water partition coefficient (Wildman–Crippen LogP) is 2.68. The maximum Gasteiger partial charge on any atom is 0.416 e. The van der Waals surface area contributed by atoms with E-state index in [1.807, 2.05) is 0 Å². The summed E-state index contributed by atoms with van der Waals surface area (Å²) in [4.78, 5) is 15.9. The number of carbonyl (C=O) groups is 1. The van der Waals surface area contributed by atoms with Gasteiger partial charge in [0.15, 0.2) is 0 Å². The molecule has 0 saturated carbocycles. The molecule has 1 N–H and O–H groups in total. The highest BCUT2D eigenvalue weighted by atomic mass is 32.2. The molecule has 0 fully saturated rings. The zero-order valence-corrected chi connectivity index (χ0v) is 16.7. The first-order chi connectivity index (χ1) is 14.5. The number of hydrogen-bond acceptors (Lipinski definition) is 5. The number of nitrogens with zero attached hydrogens (tertiary/aromatic N) is 4. The van der Waals surface area contributed by atoms with Gasteiger partial charge >= 0.3 is 6.18 Å². The molecule has 31 heavy (non-hydrogen) atoms. The van der Waals surface area contributed by atoms with E-state index in [9.17, 15) is 30.8 Å². The molecule has 0 aliphatic carbocycles. The highest BCUT2D eigenvalue weighted by molar-refractivity contribution is 7.89. The third-order valence-corrected chi connectivity index (χ3v) is 5.97. The number of rotatable bonds is 6. The Bertz CT molecular complexity index is 1180. The third-order valence-electron chi connectivity index (χ3n) is 4.15. The van der Waals surface area contributed by atoms with Crippen molar-refractivity contribution in [3.8, 4) is 5.69 Å². The fourth-order valence-corrected chi connectivity index (χ4v) is 3.74. The van der Waals surface area contributed by atoms with Crippen LogP contribution in [0.1, 0.15) is 5.56 Å². The molecule has 1 aromatic heterocycles. The lowest BCUT2D eigenvalue weighted by atomic mass is 10.1. The Hall–Kier alpha value is -3.32. The van der Waals surface area contributed by atoms with Crippen LogP contribution < -0.4 is 5.32 Å². The van der Waals surface area contributed by atoms with Crippen LogP contribution in [0.3, 0.4) is 0 Å². The van der Waals surface area contributed by atoms with Crippen LogP contribution in [-0.4, -0.2) is 47.0 Å². The van der Waals surface area contributed by atoms with Gasteiger partial charge in [-0.3, -0.25) is 4.79 Å². The van der Waals surface area contributed by atoms with E-state index in [0.717, 1.165) is 54.5 Å². The molecular weight excluding hydrogens is 442 g/mol. The van der Waals surface area contributed by atoms with E-state index in [-0.39, 0.29) is 16.3 Å². The summed E-state index contributed by atoms with van der Waals surface area (Å²) in [5.41, 5.74) is -1.15. The second kappa shape index (κ2) is 8.43. The average Bonchev–Trinajstić information content (AvgIpc) is 3.22. The molecule has 3 rings (SSSR count). The molecule has 1 amide bonds. The first-order valence-corrected chi connectivity index (χ1v) is 10.0. The molecular formula is C18H15F4N5O3S. The van der Waals surface area contributed by atoms with Crippen molar-refractivity contribution in [1.82, 2.24) is 19.1 Å². The molecule has 0 saturated heterocycles. The summed E-state index contributed by atoms with van der Waals surface area (Å²) in [6.45, 7) is -0.702. The van der Waals surface area contributed by atoms with Gasteiger partial charge in [-0.1, -0.05) is 0 Å². The van der Waals surface area contributed by atoms with Crippen LogP contribution >= 0.6 is 0 Å². The number of anilines is 1. The summed E-state index contributed by atoms with van der Waals surface area (Å²) >= 11 is 0. The molecule has 0 radical (unpaired) electrons. The van der Waals surface area contributed by atoms with Crippen LogP contribution in [0.5, 0.6) is 0 Å². The summed E-state index contributed by atoms with van der Waals surface area (Å²) in [5.74, 6) is -1.53. The minimum atomic E-state index is -4.66. The normalized spacial score (nSPS) is 12.2. The minimum absolute atomic E-state index is 0.0999. The fraction of sp³-hybridized carbons (Fsp3) is 0.167. The van der Waals surface area contributed by atoms with E-state index in [2.05, 4.69) is 15.4 Å². The number of amides is 1. The summed E-state index contributed by atoms with van der Waals surface area (Å²) in [6, 6.07) is 6.61. The molecule has 0 spiro atoms. The SMILES string of the molecule is CN(CC(=O)Nc1cc(C(F)(F)F)ccc1-n1cncn1)S(=O)(=O)c1ccc(F)cc1. The molecule has 0 aliphatic heterocycles. The van der Waals surface area contributed by atoms with Crippen LogP contribution in [0.25, 0.3) is 5.69 Å². The number of alkyl halides is 3. The molecule has 164 valence electrons. The van der Waals surface area contributed by atoms with Crippen LogP contribution in [0.4, 0.5) is 23.2 Å². The van der Waals surface area contributed by atoms with Crippen LogP contribution in [-0.2, 0) is 21.0 Å². The summed E-state index contributed by atoms with van der Waals surface area (Å²) in [5, 5.41) is 6.11. The standard InChI is InChI=1S/C18H15F4N5O3S/c1-26(31(29,30)14-5-3-13(19)4-6-14)9-17(28)25-15-8-12(18(20,21)22)2-7-16(15)27-11-23-10-24-27/h2-8,10-11H,9H2,1H3,(H,25,28). The highest BCUT2D eigenvalue weighted by Crippen LogP contribution is 2.33. The van der Waals surface area contributed by atoms with Crippen molar-refractivity contribution in [3.63, 3.8) is 0 Å². The van der Waals surface area contributed by atoms with Gasteiger partial charge < -0.3 is 5.32 Å². The first kappa shape index (κ1) is 22.4. The molecule has 0 aliphatic rings. The average molecular weight is 457 g/mol. The monoisotopic (exact) mass is 457 g/mol. The van der Waals surface area contributed by atoms with Crippen molar-refractivity contribution in [3.05, 3.63) is 66.5 Å². The smallest absolute Gasteiger partial charge is 0.323 e. The largest absolute Gasteiger partial charge is 0.416 e. The number of likely N-dealkylation sites (N-methyl/N-ethyl adjacent to an activating group) is 1. The maximum absolute atomic E-state index is 13.1. The van der Waals surface area contributed by atoms with E-state index in [0.29, 0.717) is 10.4 Å². The molecule has 0 bridgehead atoms. The maximum atomic E-state index is 13.1. The number of benzene rings is 2. The van der Waals surface area contributed by atoms with Gasteiger partial charge in [-0.15, -0.1) is 0 Å². The summed E-state index contributed by atoms with van der Waals surface area (Å²) in [6.07, 6.45) is -2.28. The van der Waals surface area contributed by atoms with Gasteiger partial charge in [-0.25, -0.2) is 22.5 Å². The quantitative estimate of drug-likeness (QED) is 0.574. The second-order valence-corrected chi connectivity index (χ2v) is 8.38. The Morgan fingerprint density at radius 1 is 1.16 bits per heavy atom. The number of nitrogens with one attached hydrogen (secondary N) is 1. The number of hydrogen-bond donors (Lipinski definition) is 1. The number of sulfonamides is 1. The number of aromatic nitrogens is 3. The van der Waals surface area contributed by atoms with Gasteiger partial charge in [0.1, 0.15) is 18.5 Å². The van der Waals surface area contributed by atoms with E-state index in [1.54, 1.807) is 0 Å². The topological polar surface area (TPSA) is 97.2 Å². The van der Waals surface area contributed by atoms with Gasteiger partial charge in [0.05, 0.1) is 28.4 Å². The Morgan fingerprint density at radius 2 is 1.84 bits per heavy atom. The fourth-order valence-electron chi connectivity index (χ4n) is 2.61. The Kier molecular flexibility index (Phi) is 6.08. The number of halogens is 4. The van der Waals surface area contributed by atoms with Gasteiger partial charge in [0.2, 0.25) is 15.9 Å². The molecule has 8 nitrogen and oxygen atoms in total. The molecule has 0 atom stereocenters. The lowest BCUT2D eigenvalue weighted by Crippen LogP contribution is -2.35. The highest BCUT2D eigenvalue weighted by Gasteiger charge is 2.31. The summed E-state index contributed by atoms with van der Waals surface area (Å²) < 4.78 is 79.2. The Balaban J connectivity index is 1.84. The molecule has 1 heterocycles. The van der Waals surface area contributed by atoms with Gasteiger partial charge in [0.25, 0.3) is 0 Å². The zero-order valence-electron chi connectivity index (χ0n) is 15.8. The Morgan fingerprint density at radius 3 is 2.42 bits per heavy atom. The van der Waals surface area contributed by atoms with E-state index in [4.69, 9.17) is 0 Å². The van der Waals surface area contributed by atoms with E-state index >= 15 is 0 Å². The van der Waals surface area contributed by atoms with Crippen LogP contribution in [0.15, 0.2) is 60.0 Å². The first-order valence-electron chi connectivity index (χ1n) is 8.56. The zero-order chi connectivity index (χ0) is 22.8. The minimum Gasteiger partial charge on any atom is -0.323 e. The molecule has 0 unspecified atom stereocenters. The number of carbonyl (C=O) groups excluding carboxylic acids is 1. The molecule has 3 aromatic rings. The molecule has 13 heteroatoms. The second-order valence-electron chi connectivity index (χ2n) is 6.33. The van der Waals surface area contributed by atoms with Crippen molar-refractivity contribution in [2.24, 2.45) is 0 Å². The van der Waals surface area contributed by atoms with Crippen molar-refractivity contribution in [1.29, 1.82) is 0 Å². The predicted molar refractivity (Wildman–Crippen MR) is 101 cm³/mol. The molecule has 2 aromatic carbocycles. The van der Waals surface area contributed by atoms with Gasteiger partial charge in [-0.05, 0) is 42.5 Å². The lowest BCUT2D eigenvalue weighted by molar-refractivity contribution is -0.137. The van der Waals surface area contributed by atoms with Gasteiger partial charge in [0, 0.05) is 7.05 Å². The van der Waals surface area contributed by atoms with E-state index in [1.165, 1.54) is 6.33 Å². The lowest BCUT2D eigenvalue weighted by Gasteiger charge is -2.18. The Labute approximate surface area is 174 Å². The van der Waals surface area contributed by atoms with Crippen LogP contribution in [0, 0.1) is 5.82 Å². The van der Waals surface area contributed by atoms with Gasteiger partial charge in [-0.2, -0.15) is 22.6 Å².